The Labute approximate surface area is 119 Å². The van der Waals surface area contributed by atoms with Crippen LogP contribution in [-0.4, -0.2) is 4.98 Å². The van der Waals surface area contributed by atoms with E-state index in [4.69, 9.17) is 10.7 Å². The van der Waals surface area contributed by atoms with Crippen LogP contribution in [0.15, 0.2) is 54.6 Å². The summed E-state index contributed by atoms with van der Waals surface area (Å²) in [5.41, 5.74) is 11.5. The average Bonchev–Trinajstić information content (AvgIpc) is 2.54. The number of aryl methyl sites for hydroxylation is 1. The Morgan fingerprint density at radius 3 is 2.45 bits per heavy atom. The first-order valence-electron chi connectivity index (χ1n) is 7.00. The quantitative estimate of drug-likeness (QED) is 0.777. The van der Waals surface area contributed by atoms with Crippen molar-refractivity contribution in [2.75, 3.05) is 0 Å². The van der Waals surface area contributed by atoms with Crippen molar-refractivity contribution in [2.45, 2.75) is 19.9 Å². The molecule has 2 aromatic carbocycles. The van der Waals surface area contributed by atoms with Gasteiger partial charge in [0.1, 0.15) is 0 Å². The van der Waals surface area contributed by atoms with Crippen LogP contribution in [0.2, 0.25) is 0 Å². The van der Waals surface area contributed by atoms with Gasteiger partial charge in [-0.25, -0.2) is 4.98 Å². The molecule has 20 heavy (non-hydrogen) atoms. The number of fused-ring (bicyclic) bond motifs is 1. The van der Waals surface area contributed by atoms with E-state index in [0.717, 1.165) is 34.1 Å². The molecule has 2 heteroatoms. The van der Waals surface area contributed by atoms with Crippen LogP contribution in [-0.2, 0) is 13.0 Å². The lowest BCUT2D eigenvalue weighted by molar-refractivity contribution is 1.08. The van der Waals surface area contributed by atoms with E-state index in [0.29, 0.717) is 6.54 Å². The lowest BCUT2D eigenvalue weighted by Gasteiger charge is -2.08. The molecule has 100 valence electrons. The number of pyridine rings is 1. The number of hydrogen-bond acceptors (Lipinski definition) is 2. The minimum atomic E-state index is 0.531. The fraction of sp³-hybridized carbons (Fsp3) is 0.167. The van der Waals surface area contributed by atoms with E-state index in [9.17, 15) is 0 Å². The van der Waals surface area contributed by atoms with Crippen LogP contribution in [0.3, 0.4) is 0 Å². The Hall–Kier alpha value is -2.19. The molecule has 0 saturated carbocycles. The second-order valence-corrected chi connectivity index (χ2v) is 4.94. The Morgan fingerprint density at radius 2 is 1.75 bits per heavy atom. The number of para-hydroxylation sites is 1. The monoisotopic (exact) mass is 262 g/mol. The number of nitrogens with two attached hydrogens (primary N) is 1. The first kappa shape index (κ1) is 12.8. The lowest BCUT2D eigenvalue weighted by atomic mass is 10.0. The summed E-state index contributed by atoms with van der Waals surface area (Å²) in [7, 11) is 0. The molecular weight excluding hydrogens is 244 g/mol. The molecule has 0 bridgehead atoms. The van der Waals surface area contributed by atoms with Crippen LogP contribution < -0.4 is 5.73 Å². The zero-order valence-corrected chi connectivity index (χ0v) is 11.6. The summed E-state index contributed by atoms with van der Waals surface area (Å²) in [4.78, 5) is 4.75. The summed E-state index contributed by atoms with van der Waals surface area (Å²) >= 11 is 0. The maximum atomic E-state index is 5.88. The van der Waals surface area contributed by atoms with Gasteiger partial charge < -0.3 is 5.73 Å². The Morgan fingerprint density at radius 1 is 1.00 bits per heavy atom. The minimum absolute atomic E-state index is 0.531. The Bertz CT molecular complexity index is 730. The zero-order chi connectivity index (χ0) is 13.9. The van der Waals surface area contributed by atoms with Crippen molar-refractivity contribution < 1.29 is 0 Å². The van der Waals surface area contributed by atoms with Gasteiger partial charge in [-0.3, -0.25) is 0 Å². The number of nitrogens with zero attached hydrogens (tertiary/aromatic N) is 1. The van der Waals surface area contributed by atoms with Crippen molar-refractivity contribution in [2.24, 2.45) is 5.73 Å². The van der Waals surface area contributed by atoms with Gasteiger partial charge in [0.2, 0.25) is 0 Å². The third kappa shape index (κ3) is 2.30. The predicted molar refractivity (Wildman–Crippen MR) is 84.4 cm³/mol. The van der Waals surface area contributed by atoms with Crippen molar-refractivity contribution in [3.8, 4) is 11.3 Å². The van der Waals surface area contributed by atoms with Gasteiger partial charge in [-0.2, -0.15) is 0 Å². The molecule has 1 aromatic heterocycles. The molecule has 2 N–H and O–H groups in total. The molecule has 0 fully saturated rings. The molecule has 0 spiro atoms. The largest absolute Gasteiger partial charge is 0.326 e. The van der Waals surface area contributed by atoms with E-state index in [1.807, 2.05) is 18.2 Å². The summed E-state index contributed by atoms with van der Waals surface area (Å²) < 4.78 is 0. The highest BCUT2D eigenvalue weighted by Gasteiger charge is 2.06. The zero-order valence-electron chi connectivity index (χ0n) is 11.6. The second kappa shape index (κ2) is 5.43. The molecule has 0 radical (unpaired) electrons. The van der Waals surface area contributed by atoms with Crippen LogP contribution in [0.25, 0.3) is 22.2 Å². The molecule has 0 aliphatic heterocycles. The fourth-order valence-electron chi connectivity index (χ4n) is 2.48. The van der Waals surface area contributed by atoms with Gasteiger partial charge in [-0.1, -0.05) is 49.4 Å². The number of aromatic nitrogens is 1. The molecule has 0 amide bonds. The van der Waals surface area contributed by atoms with Crippen molar-refractivity contribution in [3.05, 3.63) is 65.7 Å². The summed E-state index contributed by atoms with van der Waals surface area (Å²) in [5.74, 6) is 0. The number of hydrogen-bond donors (Lipinski definition) is 1. The topological polar surface area (TPSA) is 38.9 Å². The van der Waals surface area contributed by atoms with Gasteiger partial charge in [0.15, 0.2) is 0 Å². The highest BCUT2D eigenvalue weighted by atomic mass is 14.7. The van der Waals surface area contributed by atoms with Gasteiger partial charge in [-0.05, 0) is 29.7 Å². The van der Waals surface area contributed by atoms with Crippen LogP contribution in [0.5, 0.6) is 0 Å². The standard InChI is InChI=1S/C18H18N2/c1-2-13-7-9-14(10-8-13)18-11-15(12-19)16-5-3-4-6-17(16)20-18/h3-11H,2,12,19H2,1H3. The number of benzene rings is 2. The van der Waals surface area contributed by atoms with Gasteiger partial charge in [0, 0.05) is 17.5 Å². The summed E-state index contributed by atoms with van der Waals surface area (Å²) in [6.45, 7) is 2.69. The van der Waals surface area contributed by atoms with Gasteiger partial charge in [0.05, 0.1) is 11.2 Å². The van der Waals surface area contributed by atoms with Crippen LogP contribution in [0, 0.1) is 0 Å². The normalized spacial score (nSPS) is 10.9. The smallest absolute Gasteiger partial charge is 0.0712 e. The maximum Gasteiger partial charge on any atom is 0.0712 e. The number of rotatable bonds is 3. The van der Waals surface area contributed by atoms with Gasteiger partial charge in [-0.15, -0.1) is 0 Å². The lowest BCUT2D eigenvalue weighted by Crippen LogP contribution is -1.99. The van der Waals surface area contributed by atoms with Crippen molar-refractivity contribution in [1.29, 1.82) is 0 Å². The van der Waals surface area contributed by atoms with Crippen molar-refractivity contribution in [3.63, 3.8) is 0 Å². The van der Waals surface area contributed by atoms with E-state index >= 15 is 0 Å². The molecule has 3 rings (SSSR count). The van der Waals surface area contributed by atoms with E-state index in [1.165, 1.54) is 5.56 Å². The molecule has 0 unspecified atom stereocenters. The van der Waals surface area contributed by atoms with E-state index < -0.39 is 0 Å². The summed E-state index contributed by atoms with van der Waals surface area (Å²) in [6, 6.07) is 18.9. The fourth-order valence-corrected chi connectivity index (χ4v) is 2.48. The highest BCUT2D eigenvalue weighted by Crippen LogP contribution is 2.24. The molecular formula is C18H18N2. The van der Waals surface area contributed by atoms with Crippen LogP contribution >= 0.6 is 0 Å². The van der Waals surface area contributed by atoms with Crippen molar-refractivity contribution in [1.82, 2.24) is 4.98 Å². The van der Waals surface area contributed by atoms with Crippen molar-refractivity contribution >= 4 is 10.9 Å². The Balaban J connectivity index is 2.15. The average molecular weight is 262 g/mol. The van der Waals surface area contributed by atoms with Crippen LogP contribution in [0.4, 0.5) is 0 Å². The Kier molecular flexibility index (Phi) is 3.48. The van der Waals surface area contributed by atoms with E-state index in [2.05, 4.69) is 43.3 Å². The maximum absolute atomic E-state index is 5.88. The molecule has 0 saturated heterocycles. The predicted octanol–water partition coefficient (Wildman–Crippen LogP) is 3.92. The van der Waals surface area contributed by atoms with E-state index in [1.54, 1.807) is 0 Å². The molecule has 0 aliphatic rings. The minimum Gasteiger partial charge on any atom is -0.326 e. The molecule has 0 atom stereocenters. The second-order valence-electron chi connectivity index (χ2n) is 4.94. The van der Waals surface area contributed by atoms with Gasteiger partial charge in [0.25, 0.3) is 0 Å². The van der Waals surface area contributed by atoms with E-state index in [-0.39, 0.29) is 0 Å². The van der Waals surface area contributed by atoms with Gasteiger partial charge >= 0.3 is 0 Å². The third-order valence-corrected chi connectivity index (χ3v) is 3.68. The molecule has 3 aromatic rings. The summed E-state index contributed by atoms with van der Waals surface area (Å²) in [5, 5.41) is 1.14. The molecule has 1 heterocycles. The molecule has 0 aliphatic carbocycles. The van der Waals surface area contributed by atoms with Crippen LogP contribution in [0.1, 0.15) is 18.1 Å². The SMILES string of the molecule is CCc1ccc(-c2cc(CN)c3ccccc3n2)cc1. The highest BCUT2D eigenvalue weighted by molar-refractivity contribution is 5.85. The summed E-state index contributed by atoms with van der Waals surface area (Å²) in [6.07, 6.45) is 1.06. The first-order chi connectivity index (χ1) is 9.81. The third-order valence-electron chi connectivity index (χ3n) is 3.68. The first-order valence-corrected chi connectivity index (χ1v) is 7.00. The molecule has 2 nitrogen and oxygen atoms in total.